The SMILES string of the molecule is CN=C(NCc1ccc(C(=O)N(C)C)cc1)N1CCN(c2cccc(C)c2C)CC1. The molecule has 0 atom stereocenters. The van der Waals surface area contributed by atoms with Gasteiger partial charge in [0, 0.05) is 65.1 Å². The lowest BCUT2D eigenvalue weighted by molar-refractivity contribution is 0.0827. The standard InChI is InChI=1S/C24H33N5O/c1-18-7-6-8-22(19(18)2)28-13-15-29(16-14-28)24(25-3)26-17-20-9-11-21(12-10-20)23(30)27(4)5/h6-12H,13-17H2,1-5H3,(H,25,26). The lowest BCUT2D eigenvalue weighted by atomic mass is 10.1. The van der Waals surface area contributed by atoms with E-state index in [1.165, 1.54) is 16.8 Å². The Bertz CT molecular complexity index is 896. The zero-order valence-electron chi connectivity index (χ0n) is 18.8. The van der Waals surface area contributed by atoms with E-state index in [1.807, 2.05) is 31.3 Å². The Morgan fingerprint density at radius 1 is 1.03 bits per heavy atom. The van der Waals surface area contributed by atoms with Crippen molar-refractivity contribution >= 4 is 17.6 Å². The summed E-state index contributed by atoms with van der Waals surface area (Å²) in [6.45, 7) is 8.88. The van der Waals surface area contributed by atoms with Crippen molar-refractivity contribution in [1.29, 1.82) is 0 Å². The highest BCUT2D eigenvalue weighted by Gasteiger charge is 2.21. The molecule has 0 radical (unpaired) electrons. The topological polar surface area (TPSA) is 51.2 Å². The molecule has 160 valence electrons. The molecule has 1 amide bonds. The van der Waals surface area contributed by atoms with Gasteiger partial charge in [-0.25, -0.2) is 0 Å². The molecule has 1 N–H and O–H groups in total. The molecule has 0 spiro atoms. The Morgan fingerprint density at radius 2 is 1.70 bits per heavy atom. The highest BCUT2D eigenvalue weighted by molar-refractivity contribution is 5.93. The number of piperazine rings is 1. The fourth-order valence-electron chi connectivity index (χ4n) is 3.77. The number of nitrogens with one attached hydrogen (secondary N) is 1. The molecule has 2 aromatic rings. The summed E-state index contributed by atoms with van der Waals surface area (Å²) in [6, 6.07) is 14.3. The first-order valence-corrected chi connectivity index (χ1v) is 10.5. The van der Waals surface area contributed by atoms with Crippen LogP contribution < -0.4 is 10.2 Å². The van der Waals surface area contributed by atoms with Crippen molar-refractivity contribution in [2.45, 2.75) is 20.4 Å². The van der Waals surface area contributed by atoms with Gasteiger partial charge >= 0.3 is 0 Å². The summed E-state index contributed by atoms with van der Waals surface area (Å²) < 4.78 is 0. The van der Waals surface area contributed by atoms with Crippen molar-refractivity contribution in [3.63, 3.8) is 0 Å². The van der Waals surface area contributed by atoms with E-state index < -0.39 is 0 Å². The maximum absolute atomic E-state index is 12.0. The van der Waals surface area contributed by atoms with Crippen molar-refractivity contribution in [2.24, 2.45) is 4.99 Å². The molecular formula is C24H33N5O. The summed E-state index contributed by atoms with van der Waals surface area (Å²) in [5.74, 6) is 0.941. The lowest BCUT2D eigenvalue weighted by Crippen LogP contribution is -2.52. The molecule has 1 saturated heterocycles. The third-order valence-corrected chi connectivity index (χ3v) is 5.77. The third-order valence-electron chi connectivity index (χ3n) is 5.77. The van der Waals surface area contributed by atoms with Gasteiger partial charge in [-0.3, -0.25) is 9.79 Å². The average molecular weight is 408 g/mol. The molecule has 1 heterocycles. The van der Waals surface area contributed by atoms with Gasteiger partial charge in [0.1, 0.15) is 0 Å². The number of carbonyl (C=O) groups excluding carboxylic acids is 1. The van der Waals surface area contributed by atoms with Crippen molar-refractivity contribution < 1.29 is 4.79 Å². The van der Waals surface area contributed by atoms with Crippen LogP contribution in [0.3, 0.4) is 0 Å². The first-order valence-electron chi connectivity index (χ1n) is 10.5. The summed E-state index contributed by atoms with van der Waals surface area (Å²) in [4.78, 5) is 22.9. The molecular weight excluding hydrogens is 374 g/mol. The molecule has 1 fully saturated rings. The van der Waals surface area contributed by atoms with Crippen molar-refractivity contribution in [3.05, 3.63) is 64.7 Å². The third kappa shape index (κ3) is 4.93. The molecule has 0 aromatic heterocycles. The summed E-state index contributed by atoms with van der Waals surface area (Å²) in [5.41, 5.74) is 5.87. The van der Waals surface area contributed by atoms with E-state index in [-0.39, 0.29) is 5.91 Å². The number of anilines is 1. The van der Waals surface area contributed by atoms with Gasteiger partial charge in [-0.15, -0.1) is 0 Å². The second-order valence-corrected chi connectivity index (χ2v) is 7.99. The zero-order chi connectivity index (χ0) is 21.7. The molecule has 0 saturated carbocycles. The Kier molecular flexibility index (Phi) is 6.98. The Balaban J connectivity index is 1.55. The van der Waals surface area contributed by atoms with E-state index >= 15 is 0 Å². The Hall–Kier alpha value is -3.02. The van der Waals surface area contributed by atoms with Gasteiger partial charge in [-0.2, -0.15) is 0 Å². The van der Waals surface area contributed by atoms with Crippen LogP contribution in [-0.4, -0.2) is 69.0 Å². The minimum absolute atomic E-state index is 0.0204. The summed E-state index contributed by atoms with van der Waals surface area (Å²) in [6.07, 6.45) is 0. The van der Waals surface area contributed by atoms with Crippen LogP contribution in [-0.2, 0) is 6.54 Å². The normalized spacial score (nSPS) is 14.6. The molecule has 0 aliphatic carbocycles. The van der Waals surface area contributed by atoms with Gasteiger partial charge in [0.25, 0.3) is 5.91 Å². The van der Waals surface area contributed by atoms with Crippen LogP contribution in [0.4, 0.5) is 5.69 Å². The zero-order valence-corrected chi connectivity index (χ0v) is 18.8. The van der Waals surface area contributed by atoms with Crippen LogP contribution in [0, 0.1) is 13.8 Å². The molecule has 30 heavy (non-hydrogen) atoms. The summed E-state index contributed by atoms with van der Waals surface area (Å²) in [7, 11) is 5.36. The Morgan fingerprint density at radius 3 is 2.30 bits per heavy atom. The molecule has 1 aliphatic heterocycles. The van der Waals surface area contributed by atoms with Crippen LogP contribution in [0.15, 0.2) is 47.5 Å². The van der Waals surface area contributed by atoms with Gasteiger partial charge in [-0.05, 0) is 48.7 Å². The number of carbonyl (C=O) groups is 1. The maximum Gasteiger partial charge on any atom is 0.253 e. The number of aliphatic imine (C=N–C) groups is 1. The number of hydrogen-bond acceptors (Lipinski definition) is 3. The van der Waals surface area contributed by atoms with E-state index in [9.17, 15) is 4.79 Å². The monoisotopic (exact) mass is 407 g/mol. The molecule has 6 heteroatoms. The number of rotatable bonds is 4. The predicted octanol–water partition coefficient (Wildman–Crippen LogP) is 2.90. The maximum atomic E-state index is 12.0. The number of aryl methyl sites for hydroxylation is 1. The van der Waals surface area contributed by atoms with Gasteiger partial charge in [0.2, 0.25) is 0 Å². The second-order valence-electron chi connectivity index (χ2n) is 7.99. The minimum Gasteiger partial charge on any atom is -0.368 e. The van der Waals surface area contributed by atoms with E-state index in [0.717, 1.165) is 37.7 Å². The number of amides is 1. The van der Waals surface area contributed by atoms with E-state index in [2.05, 4.69) is 52.2 Å². The molecule has 0 unspecified atom stereocenters. The van der Waals surface area contributed by atoms with Gasteiger partial charge in [-0.1, -0.05) is 24.3 Å². The first-order chi connectivity index (χ1) is 14.4. The first kappa shape index (κ1) is 21.7. The van der Waals surface area contributed by atoms with E-state index in [4.69, 9.17) is 0 Å². The molecule has 0 bridgehead atoms. The van der Waals surface area contributed by atoms with Crippen molar-refractivity contribution in [3.8, 4) is 0 Å². The van der Waals surface area contributed by atoms with Crippen LogP contribution in [0.2, 0.25) is 0 Å². The largest absolute Gasteiger partial charge is 0.368 e. The smallest absolute Gasteiger partial charge is 0.253 e. The summed E-state index contributed by atoms with van der Waals surface area (Å²) in [5, 5.41) is 3.46. The lowest BCUT2D eigenvalue weighted by Gasteiger charge is -2.38. The number of benzene rings is 2. The minimum atomic E-state index is 0.0204. The van der Waals surface area contributed by atoms with Gasteiger partial charge < -0.3 is 20.0 Å². The predicted molar refractivity (Wildman–Crippen MR) is 124 cm³/mol. The van der Waals surface area contributed by atoms with Crippen molar-refractivity contribution in [1.82, 2.24) is 15.1 Å². The molecule has 1 aliphatic rings. The Labute approximate surface area is 180 Å². The number of guanidine groups is 1. The van der Waals surface area contributed by atoms with E-state index in [1.54, 1.807) is 19.0 Å². The molecule has 2 aromatic carbocycles. The van der Waals surface area contributed by atoms with Crippen LogP contribution in [0.25, 0.3) is 0 Å². The van der Waals surface area contributed by atoms with Crippen molar-refractivity contribution in [2.75, 3.05) is 52.2 Å². The fraction of sp³-hybridized carbons (Fsp3) is 0.417. The van der Waals surface area contributed by atoms with Gasteiger partial charge in [0.05, 0.1) is 0 Å². The highest BCUT2D eigenvalue weighted by atomic mass is 16.2. The fourth-order valence-corrected chi connectivity index (χ4v) is 3.77. The van der Waals surface area contributed by atoms with E-state index in [0.29, 0.717) is 12.1 Å². The highest BCUT2D eigenvalue weighted by Crippen LogP contribution is 2.23. The molecule has 3 rings (SSSR count). The van der Waals surface area contributed by atoms with Gasteiger partial charge in [0.15, 0.2) is 5.96 Å². The van der Waals surface area contributed by atoms with Crippen LogP contribution >= 0.6 is 0 Å². The van der Waals surface area contributed by atoms with Crippen LogP contribution in [0.5, 0.6) is 0 Å². The summed E-state index contributed by atoms with van der Waals surface area (Å²) >= 11 is 0. The van der Waals surface area contributed by atoms with Crippen LogP contribution in [0.1, 0.15) is 27.0 Å². The molecule has 6 nitrogen and oxygen atoms in total. The average Bonchev–Trinajstić information content (AvgIpc) is 2.76. The number of hydrogen-bond donors (Lipinski definition) is 1. The second kappa shape index (κ2) is 9.65. The quantitative estimate of drug-likeness (QED) is 0.626. The number of nitrogens with zero attached hydrogens (tertiary/aromatic N) is 4.